The van der Waals surface area contributed by atoms with Crippen molar-refractivity contribution in [1.82, 2.24) is 4.98 Å². The third kappa shape index (κ3) is 3.45. The van der Waals surface area contributed by atoms with Crippen molar-refractivity contribution in [2.45, 2.75) is 25.7 Å². The quantitative estimate of drug-likeness (QED) is 0.904. The fourth-order valence-corrected chi connectivity index (χ4v) is 2.60. The molecule has 0 spiro atoms. The number of aromatic nitrogens is 1. The van der Waals surface area contributed by atoms with Gasteiger partial charge >= 0.3 is 5.97 Å². The van der Waals surface area contributed by atoms with Crippen molar-refractivity contribution >= 4 is 21.9 Å². The molecule has 104 valence electrons. The fraction of sp³-hybridized carbons (Fsp3) is 0.250. The van der Waals surface area contributed by atoms with Crippen molar-refractivity contribution in [2.75, 3.05) is 0 Å². The van der Waals surface area contributed by atoms with Gasteiger partial charge < -0.3 is 5.11 Å². The molecular formula is C16H16BrNO2. The van der Waals surface area contributed by atoms with Crippen molar-refractivity contribution in [1.29, 1.82) is 0 Å². The molecule has 1 aromatic heterocycles. The van der Waals surface area contributed by atoms with Crippen LogP contribution in [0.25, 0.3) is 0 Å². The Morgan fingerprint density at radius 1 is 1.35 bits per heavy atom. The lowest BCUT2D eigenvalue weighted by Gasteiger charge is -2.14. The van der Waals surface area contributed by atoms with Gasteiger partial charge in [-0.05, 0) is 39.5 Å². The minimum atomic E-state index is -0.817. The zero-order valence-corrected chi connectivity index (χ0v) is 12.8. The number of carboxylic acid groups (broad SMARTS) is 1. The molecule has 0 aliphatic rings. The van der Waals surface area contributed by atoms with E-state index in [1.54, 1.807) is 6.20 Å². The number of carbonyl (C=O) groups is 1. The second-order valence-corrected chi connectivity index (χ2v) is 5.53. The van der Waals surface area contributed by atoms with Gasteiger partial charge in [0.05, 0.1) is 5.92 Å². The maximum atomic E-state index is 11.5. The number of halogens is 1. The summed E-state index contributed by atoms with van der Waals surface area (Å²) in [5, 5.41) is 9.47. The average molecular weight is 334 g/mol. The molecule has 1 atom stereocenters. The first kappa shape index (κ1) is 14.7. The van der Waals surface area contributed by atoms with Crippen LogP contribution < -0.4 is 0 Å². The second-order valence-electron chi connectivity index (χ2n) is 4.62. The number of rotatable bonds is 5. The van der Waals surface area contributed by atoms with Gasteiger partial charge in [0.2, 0.25) is 0 Å². The third-order valence-corrected chi connectivity index (χ3v) is 3.74. The number of hydrogen-bond donors (Lipinski definition) is 1. The highest BCUT2D eigenvalue weighted by molar-refractivity contribution is 9.10. The van der Waals surface area contributed by atoms with E-state index in [1.165, 1.54) is 0 Å². The summed E-state index contributed by atoms with van der Waals surface area (Å²) in [5.41, 5.74) is 2.75. The number of aliphatic carboxylic acids is 1. The van der Waals surface area contributed by atoms with E-state index in [2.05, 4.69) is 20.9 Å². The molecule has 4 heteroatoms. The van der Waals surface area contributed by atoms with E-state index in [-0.39, 0.29) is 0 Å². The Kier molecular flexibility index (Phi) is 4.90. The zero-order chi connectivity index (χ0) is 14.5. The molecule has 1 N–H and O–H groups in total. The summed E-state index contributed by atoms with van der Waals surface area (Å²) in [6.45, 7) is 2.05. The summed E-state index contributed by atoms with van der Waals surface area (Å²) in [5.74, 6) is -1.38. The van der Waals surface area contributed by atoms with Gasteiger partial charge in [0.15, 0.2) is 0 Å². The van der Waals surface area contributed by atoms with E-state index in [4.69, 9.17) is 0 Å². The molecule has 0 aliphatic heterocycles. The van der Waals surface area contributed by atoms with Crippen molar-refractivity contribution in [3.8, 4) is 0 Å². The molecule has 0 radical (unpaired) electrons. The summed E-state index contributed by atoms with van der Waals surface area (Å²) in [4.78, 5) is 15.9. The van der Waals surface area contributed by atoms with E-state index in [0.717, 1.165) is 27.7 Å². The van der Waals surface area contributed by atoms with Gasteiger partial charge in [0, 0.05) is 22.8 Å². The molecule has 2 rings (SSSR count). The van der Waals surface area contributed by atoms with Crippen molar-refractivity contribution < 1.29 is 9.90 Å². The standard InChI is InChI=1S/C16H16BrNO2/c1-2-11-8-13(17)10-18-15(11)9-14(16(19)20)12-6-4-3-5-7-12/h3-8,10,14H,2,9H2,1H3,(H,19,20). The predicted molar refractivity (Wildman–Crippen MR) is 81.8 cm³/mol. The van der Waals surface area contributed by atoms with Crippen LogP contribution in [0.3, 0.4) is 0 Å². The number of aryl methyl sites for hydroxylation is 1. The Bertz CT molecular complexity index is 599. The summed E-state index contributed by atoms with van der Waals surface area (Å²) in [7, 11) is 0. The summed E-state index contributed by atoms with van der Waals surface area (Å²) in [6, 6.07) is 11.3. The highest BCUT2D eigenvalue weighted by atomic mass is 79.9. The van der Waals surface area contributed by atoms with Crippen LogP contribution >= 0.6 is 15.9 Å². The molecule has 20 heavy (non-hydrogen) atoms. The highest BCUT2D eigenvalue weighted by Crippen LogP contribution is 2.24. The van der Waals surface area contributed by atoms with Gasteiger partial charge in [-0.3, -0.25) is 9.78 Å². The summed E-state index contributed by atoms with van der Waals surface area (Å²) in [6.07, 6.45) is 2.97. The maximum absolute atomic E-state index is 11.5. The van der Waals surface area contributed by atoms with Crippen LogP contribution in [-0.4, -0.2) is 16.1 Å². The van der Waals surface area contributed by atoms with Crippen molar-refractivity contribution in [3.05, 3.63) is 63.9 Å². The normalized spacial score (nSPS) is 12.1. The Labute approximate surface area is 126 Å². The van der Waals surface area contributed by atoms with E-state index >= 15 is 0 Å². The van der Waals surface area contributed by atoms with Gasteiger partial charge in [-0.15, -0.1) is 0 Å². The largest absolute Gasteiger partial charge is 0.481 e. The molecule has 1 heterocycles. The monoisotopic (exact) mass is 333 g/mol. The number of benzene rings is 1. The van der Waals surface area contributed by atoms with Crippen LogP contribution in [0.5, 0.6) is 0 Å². The maximum Gasteiger partial charge on any atom is 0.311 e. The van der Waals surface area contributed by atoms with Crippen molar-refractivity contribution in [3.63, 3.8) is 0 Å². The van der Waals surface area contributed by atoms with E-state index < -0.39 is 11.9 Å². The van der Waals surface area contributed by atoms with Gasteiger partial charge in [0.25, 0.3) is 0 Å². The number of pyridine rings is 1. The summed E-state index contributed by atoms with van der Waals surface area (Å²) >= 11 is 3.40. The number of hydrogen-bond acceptors (Lipinski definition) is 2. The molecule has 2 aromatic rings. The van der Waals surface area contributed by atoms with Gasteiger partial charge in [-0.2, -0.15) is 0 Å². The minimum absolute atomic E-state index is 0.413. The van der Waals surface area contributed by atoms with Crippen LogP contribution in [0.2, 0.25) is 0 Å². The number of carboxylic acids is 1. The lowest BCUT2D eigenvalue weighted by Crippen LogP contribution is -2.16. The first-order valence-corrected chi connectivity index (χ1v) is 7.32. The molecule has 0 bridgehead atoms. The molecule has 0 saturated heterocycles. The number of nitrogens with zero attached hydrogens (tertiary/aromatic N) is 1. The molecule has 0 amide bonds. The van der Waals surface area contributed by atoms with E-state index in [9.17, 15) is 9.90 Å². The van der Waals surface area contributed by atoms with Crippen LogP contribution in [0.4, 0.5) is 0 Å². The Morgan fingerprint density at radius 3 is 2.65 bits per heavy atom. The lowest BCUT2D eigenvalue weighted by molar-refractivity contribution is -0.138. The third-order valence-electron chi connectivity index (χ3n) is 3.30. The zero-order valence-electron chi connectivity index (χ0n) is 11.2. The first-order chi connectivity index (χ1) is 9.61. The van der Waals surface area contributed by atoms with Gasteiger partial charge in [0.1, 0.15) is 0 Å². The minimum Gasteiger partial charge on any atom is -0.481 e. The second kappa shape index (κ2) is 6.66. The molecule has 3 nitrogen and oxygen atoms in total. The van der Waals surface area contributed by atoms with E-state index in [1.807, 2.05) is 43.3 Å². The SMILES string of the molecule is CCc1cc(Br)cnc1CC(C(=O)O)c1ccccc1. The van der Waals surface area contributed by atoms with Crippen LogP contribution in [-0.2, 0) is 17.6 Å². The van der Waals surface area contributed by atoms with Gasteiger partial charge in [-0.25, -0.2) is 0 Å². The van der Waals surface area contributed by atoms with Crippen LogP contribution in [0, 0.1) is 0 Å². The molecular weight excluding hydrogens is 318 g/mol. The Morgan fingerprint density at radius 2 is 2.05 bits per heavy atom. The predicted octanol–water partition coefficient (Wildman–Crippen LogP) is 3.82. The smallest absolute Gasteiger partial charge is 0.311 e. The highest BCUT2D eigenvalue weighted by Gasteiger charge is 2.22. The lowest BCUT2D eigenvalue weighted by atomic mass is 9.92. The van der Waals surface area contributed by atoms with Crippen molar-refractivity contribution in [2.24, 2.45) is 0 Å². The van der Waals surface area contributed by atoms with Crippen LogP contribution in [0.15, 0.2) is 47.1 Å². The molecule has 0 fully saturated rings. The molecule has 1 aromatic carbocycles. The first-order valence-electron chi connectivity index (χ1n) is 6.53. The van der Waals surface area contributed by atoms with Crippen LogP contribution in [0.1, 0.15) is 29.7 Å². The molecule has 0 aliphatic carbocycles. The Hall–Kier alpha value is -1.68. The molecule has 0 saturated carbocycles. The Balaban J connectivity index is 2.32. The fourth-order valence-electron chi connectivity index (χ4n) is 2.23. The average Bonchev–Trinajstić information content (AvgIpc) is 2.46. The topological polar surface area (TPSA) is 50.2 Å². The summed E-state index contributed by atoms with van der Waals surface area (Å²) < 4.78 is 0.921. The molecule has 1 unspecified atom stereocenters. The van der Waals surface area contributed by atoms with Gasteiger partial charge in [-0.1, -0.05) is 37.3 Å². The van der Waals surface area contributed by atoms with E-state index in [0.29, 0.717) is 6.42 Å².